The van der Waals surface area contributed by atoms with E-state index in [-0.39, 0.29) is 11.5 Å². The number of rotatable bonds is 4. The van der Waals surface area contributed by atoms with Gasteiger partial charge >= 0.3 is 5.69 Å². The van der Waals surface area contributed by atoms with Crippen molar-refractivity contribution in [3.63, 3.8) is 0 Å². The number of aryl methyl sites for hydroxylation is 4. The molecule has 0 spiro atoms. The Morgan fingerprint density at radius 1 is 0.971 bits per heavy atom. The summed E-state index contributed by atoms with van der Waals surface area (Å²) in [6.07, 6.45) is 1.46. The molecule has 1 amide bonds. The molecule has 0 bridgehead atoms. The molecular formula is C26H23N3O4S. The van der Waals surface area contributed by atoms with Crippen molar-refractivity contribution in [1.82, 2.24) is 0 Å². The zero-order chi connectivity index (χ0) is 24.6. The number of hydrogen-bond acceptors (Lipinski definition) is 6. The van der Waals surface area contributed by atoms with E-state index in [2.05, 4.69) is 0 Å². The Balaban J connectivity index is 1.83. The van der Waals surface area contributed by atoms with Crippen LogP contribution in [0.15, 0.2) is 64.5 Å². The lowest BCUT2D eigenvalue weighted by atomic mass is 10.1. The number of benzene rings is 3. The zero-order valence-corrected chi connectivity index (χ0v) is 20.0. The van der Waals surface area contributed by atoms with Crippen molar-refractivity contribution >= 4 is 46.0 Å². The number of phenols is 1. The summed E-state index contributed by atoms with van der Waals surface area (Å²) in [6.45, 7) is 8.00. The average Bonchev–Trinajstić information content (AvgIpc) is 3.08. The number of nitro benzene ring substituents is 1. The molecule has 1 saturated heterocycles. The first kappa shape index (κ1) is 23.3. The van der Waals surface area contributed by atoms with E-state index in [9.17, 15) is 20.0 Å². The van der Waals surface area contributed by atoms with E-state index < -0.39 is 16.4 Å². The summed E-state index contributed by atoms with van der Waals surface area (Å²) in [5, 5.41) is 22.0. The van der Waals surface area contributed by atoms with Gasteiger partial charge in [0.1, 0.15) is 0 Å². The molecule has 1 N–H and O–H groups in total. The highest BCUT2D eigenvalue weighted by Gasteiger charge is 2.35. The van der Waals surface area contributed by atoms with Crippen molar-refractivity contribution in [2.75, 3.05) is 4.90 Å². The second kappa shape index (κ2) is 9.15. The van der Waals surface area contributed by atoms with Gasteiger partial charge in [0.25, 0.3) is 5.91 Å². The van der Waals surface area contributed by atoms with E-state index in [0.717, 1.165) is 34.0 Å². The Labute approximate surface area is 201 Å². The topological polar surface area (TPSA) is 96.0 Å². The highest BCUT2D eigenvalue weighted by atomic mass is 32.2. The number of amidine groups is 1. The molecule has 4 rings (SSSR count). The molecule has 1 aliphatic rings. The van der Waals surface area contributed by atoms with Crippen molar-refractivity contribution in [3.8, 4) is 5.75 Å². The van der Waals surface area contributed by atoms with Crippen LogP contribution in [0.2, 0.25) is 0 Å². The average molecular weight is 474 g/mol. The van der Waals surface area contributed by atoms with Gasteiger partial charge in [-0.25, -0.2) is 4.99 Å². The highest BCUT2D eigenvalue weighted by molar-refractivity contribution is 8.19. The Hall–Kier alpha value is -3.91. The molecule has 0 radical (unpaired) electrons. The fourth-order valence-electron chi connectivity index (χ4n) is 3.50. The van der Waals surface area contributed by atoms with E-state index in [1.807, 2.05) is 64.1 Å². The number of carbonyl (C=O) groups is 1. The minimum atomic E-state index is -0.658. The Morgan fingerprint density at radius 3 is 2.29 bits per heavy atom. The number of anilines is 1. The molecule has 7 nitrogen and oxygen atoms in total. The van der Waals surface area contributed by atoms with Crippen LogP contribution in [0.3, 0.4) is 0 Å². The lowest BCUT2D eigenvalue weighted by Gasteiger charge is -2.17. The number of phenolic OH excluding ortho intramolecular Hbond substituents is 1. The molecule has 1 heterocycles. The first-order valence-electron chi connectivity index (χ1n) is 10.6. The molecule has 0 aromatic heterocycles. The number of nitro groups is 1. The van der Waals surface area contributed by atoms with Crippen LogP contribution >= 0.6 is 11.8 Å². The van der Waals surface area contributed by atoms with Crippen LogP contribution in [0.5, 0.6) is 5.75 Å². The second-order valence-electron chi connectivity index (χ2n) is 8.15. The maximum absolute atomic E-state index is 13.5. The molecule has 1 aliphatic heterocycles. The SMILES string of the molecule is Cc1ccc(N=C2SC(=Cc3cccc([N+](=O)[O-])c3O)C(=O)N2c2ccc(C)c(C)c2)cc1C. The first-order valence-corrected chi connectivity index (χ1v) is 11.4. The summed E-state index contributed by atoms with van der Waals surface area (Å²) in [5.74, 6) is -0.799. The molecule has 0 unspecified atom stereocenters. The van der Waals surface area contributed by atoms with Gasteiger partial charge in [0, 0.05) is 11.6 Å². The normalized spacial score (nSPS) is 16.0. The lowest BCUT2D eigenvalue weighted by Crippen LogP contribution is -2.28. The van der Waals surface area contributed by atoms with Crippen molar-refractivity contribution in [1.29, 1.82) is 0 Å². The molecule has 8 heteroatoms. The summed E-state index contributed by atoms with van der Waals surface area (Å²) in [6, 6.07) is 15.8. The van der Waals surface area contributed by atoms with Gasteiger partial charge in [-0.3, -0.25) is 19.8 Å². The van der Waals surface area contributed by atoms with E-state index in [4.69, 9.17) is 4.99 Å². The highest BCUT2D eigenvalue weighted by Crippen LogP contribution is 2.40. The molecule has 0 atom stereocenters. The molecule has 3 aromatic carbocycles. The molecular weight excluding hydrogens is 450 g/mol. The fourth-order valence-corrected chi connectivity index (χ4v) is 4.49. The predicted octanol–water partition coefficient (Wildman–Crippen LogP) is 6.34. The second-order valence-corrected chi connectivity index (χ2v) is 9.16. The molecule has 0 aliphatic carbocycles. The van der Waals surface area contributed by atoms with Crippen molar-refractivity contribution in [3.05, 3.63) is 97.4 Å². The monoisotopic (exact) mass is 473 g/mol. The largest absolute Gasteiger partial charge is 0.502 e. The predicted molar refractivity (Wildman–Crippen MR) is 137 cm³/mol. The van der Waals surface area contributed by atoms with E-state index >= 15 is 0 Å². The molecule has 0 saturated carbocycles. The van der Waals surface area contributed by atoms with Gasteiger partial charge in [0.05, 0.1) is 21.2 Å². The number of para-hydroxylation sites is 1. The van der Waals surface area contributed by atoms with Gasteiger partial charge in [-0.1, -0.05) is 24.3 Å². The van der Waals surface area contributed by atoms with Crippen LogP contribution in [0.1, 0.15) is 27.8 Å². The van der Waals surface area contributed by atoms with Gasteiger partial charge in [0.15, 0.2) is 5.17 Å². The van der Waals surface area contributed by atoms with Crippen LogP contribution in [0.4, 0.5) is 17.1 Å². The molecule has 3 aromatic rings. The summed E-state index contributed by atoms with van der Waals surface area (Å²) in [5.41, 5.74) is 5.54. The third-order valence-corrected chi connectivity index (χ3v) is 6.77. The Kier molecular flexibility index (Phi) is 6.26. The first-order chi connectivity index (χ1) is 16.2. The smallest absolute Gasteiger partial charge is 0.311 e. The van der Waals surface area contributed by atoms with Gasteiger partial charge in [-0.2, -0.15) is 0 Å². The van der Waals surface area contributed by atoms with Crippen LogP contribution in [0, 0.1) is 37.8 Å². The Morgan fingerprint density at radius 2 is 1.65 bits per heavy atom. The summed E-state index contributed by atoms with van der Waals surface area (Å²) in [4.78, 5) is 30.6. The van der Waals surface area contributed by atoms with Crippen LogP contribution in [-0.2, 0) is 4.79 Å². The van der Waals surface area contributed by atoms with E-state index in [1.54, 1.807) is 0 Å². The number of carbonyl (C=O) groups excluding carboxylic acids is 1. The number of nitrogens with zero attached hydrogens (tertiary/aromatic N) is 3. The third-order valence-electron chi connectivity index (χ3n) is 5.80. The van der Waals surface area contributed by atoms with Crippen molar-refractivity contribution in [2.24, 2.45) is 4.99 Å². The molecule has 34 heavy (non-hydrogen) atoms. The fraction of sp³-hybridized carbons (Fsp3) is 0.154. The summed E-state index contributed by atoms with van der Waals surface area (Å²) in [7, 11) is 0. The number of aromatic hydroxyl groups is 1. The van der Waals surface area contributed by atoms with Crippen LogP contribution < -0.4 is 4.90 Å². The lowest BCUT2D eigenvalue weighted by molar-refractivity contribution is -0.385. The third kappa shape index (κ3) is 4.45. The minimum Gasteiger partial charge on any atom is -0.502 e. The number of amides is 1. The summed E-state index contributed by atoms with van der Waals surface area (Å²) >= 11 is 1.16. The zero-order valence-electron chi connectivity index (χ0n) is 19.2. The van der Waals surface area contributed by atoms with E-state index in [0.29, 0.717) is 21.4 Å². The number of hydrogen-bond donors (Lipinski definition) is 1. The minimum absolute atomic E-state index is 0.192. The Bertz CT molecular complexity index is 1390. The van der Waals surface area contributed by atoms with Crippen LogP contribution in [0.25, 0.3) is 6.08 Å². The van der Waals surface area contributed by atoms with Crippen molar-refractivity contribution in [2.45, 2.75) is 27.7 Å². The maximum Gasteiger partial charge on any atom is 0.311 e. The maximum atomic E-state index is 13.5. The van der Waals surface area contributed by atoms with Gasteiger partial charge < -0.3 is 5.11 Å². The molecule has 172 valence electrons. The van der Waals surface area contributed by atoms with Crippen LogP contribution in [-0.4, -0.2) is 21.1 Å². The van der Waals surface area contributed by atoms with Gasteiger partial charge in [-0.15, -0.1) is 0 Å². The summed E-state index contributed by atoms with van der Waals surface area (Å²) < 4.78 is 0. The number of thioether (sulfide) groups is 1. The van der Waals surface area contributed by atoms with Crippen molar-refractivity contribution < 1.29 is 14.8 Å². The molecule has 1 fully saturated rings. The van der Waals surface area contributed by atoms with Gasteiger partial charge in [-0.05, 0) is 92.1 Å². The number of aliphatic imine (C=N–C) groups is 1. The van der Waals surface area contributed by atoms with E-state index in [1.165, 1.54) is 29.2 Å². The standard InChI is InChI=1S/C26H23N3O4S/c1-15-8-10-20(12-17(15)3)27-26-28(21-11-9-16(2)18(4)13-21)25(31)23(34-26)14-19-6-5-7-22(24(19)30)29(32)33/h5-14,30H,1-4H3. The quantitative estimate of drug-likeness (QED) is 0.271. The van der Waals surface area contributed by atoms with Gasteiger partial charge in [0.2, 0.25) is 5.75 Å².